The average Bonchev–Trinajstić information content (AvgIpc) is 2.83. The van der Waals surface area contributed by atoms with Gasteiger partial charge in [-0.25, -0.2) is 8.78 Å². The summed E-state index contributed by atoms with van der Waals surface area (Å²) in [4.78, 5) is 10.6. The lowest BCUT2D eigenvalue weighted by molar-refractivity contribution is -0.133. The molecule has 112 valence electrons. The van der Waals surface area contributed by atoms with Crippen LogP contribution in [0, 0.1) is 11.6 Å². The molecule has 5 nitrogen and oxygen atoms in total. The van der Waals surface area contributed by atoms with Crippen LogP contribution in [0.15, 0.2) is 23.4 Å². The molecule has 0 atom stereocenters. The van der Waals surface area contributed by atoms with E-state index in [-0.39, 0.29) is 17.7 Å². The van der Waals surface area contributed by atoms with Gasteiger partial charge in [0.2, 0.25) is 0 Å². The monoisotopic (exact) mass is 313 g/mol. The molecule has 0 bridgehead atoms. The number of rotatable bonds is 6. The van der Waals surface area contributed by atoms with Crippen molar-refractivity contribution in [2.45, 2.75) is 25.0 Å². The first-order valence-corrected chi connectivity index (χ1v) is 7.21. The number of benzene rings is 1. The van der Waals surface area contributed by atoms with Gasteiger partial charge >= 0.3 is 5.97 Å². The van der Waals surface area contributed by atoms with E-state index in [2.05, 4.69) is 10.2 Å². The van der Waals surface area contributed by atoms with Crippen molar-refractivity contribution in [3.63, 3.8) is 0 Å². The van der Waals surface area contributed by atoms with Gasteiger partial charge in [0, 0.05) is 13.0 Å². The molecule has 1 aromatic heterocycles. The molecule has 0 radical (unpaired) electrons. The molecule has 0 saturated heterocycles. The second kappa shape index (κ2) is 6.66. The largest absolute Gasteiger partial charge is 0.481 e. The van der Waals surface area contributed by atoms with Gasteiger partial charge < -0.3 is 9.67 Å². The zero-order chi connectivity index (χ0) is 15.4. The lowest BCUT2D eigenvalue weighted by Gasteiger charge is -2.07. The molecule has 1 heterocycles. The third-order valence-corrected chi connectivity index (χ3v) is 3.77. The first-order chi connectivity index (χ1) is 10.0. The zero-order valence-corrected chi connectivity index (χ0v) is 12.0. The lowest BCUT2D eigenvalue weighted by Crippen LogP contribution is -2.07. The summed E-state index contributed by atoms with van der Waals surface area (Å²) < 4.78 is 28.6. The molecule has 0 aliphatic heterocycles. The van der Waals surface area contributed by atoms with Gasteiger partial charge in [-0.2, -0.15) is 0 Å². The number of hydrogen-bond acceptors (Lipinski definition) is 4. The van der Waals surface area contributed by atoms with Gasteiger partial charge in [-0.1, -0.05) is 23.9 Å². The molecule has 1 N–H and O–H groups in total. The van der Waals surface area contributed by atoms with Gasteiger partial charge in [-0.05, 0) is 18.6 Å². The van der Waals surface area contributed by atoms with Crippen LogP contribution in [0.25, 0.3) is 0 Å². The summed E-state index contributed by atoms with van der Waals surface area (Å²) in [6.07, 6.45) is 0.0953. The lowest BCUT2D eigenvalue weighted by atomic mass is 10.1. The Morgan fingerprint density at radius 2 is 2.14 bits per heavy atom. The van der Waals surface area contributed by atoms with Crippen molar-refractivity contribution in [3.8, 4) is 0 Å². The minimum absolute atomic E-state index is 0.0953. The smallest absolute Gasteiger partial charge is 0.313 e. The molecule has 0 saturated carbocycles. The molecule has 8 heteroatoms. The van der Waals surface area contributed by atoms with Crippen LogP contribution >= 0.6 is 11.8 Å². The van der Waals surface area contributed by atoms with E-state index in [1.54, 1.807) is 4.57 Å². The van der Waals surface area contributed by atoms with Crippen molar-refractivity contribution >= 4 is 17.7 Å². The van der Waals surface area contributed by atoms with Crippen LogP contribution in [-0.4, -0.2) is 31.6 Å². The van der Waals surface area contributed by atoms with Crippen LogP contribution in [0.1, 0.15) is 18.3 Å². The van der Waals surface area contributed by atoms with E-state index < -0.39 is 17.6 Å². The average molecular weight is 313 g/mol. The minimum Gasteiger partial charge on any atom is -0.481 e. The Labute approximate surface area is 124 Å². The molecule has 0 unspecified atom stereocenters. The summed E-state index contributed by atoms with van der Waals surface area (Å²) in [5.41, 5.74) is 0.187. The van der Waals surface area contributed by atoms with Crippen molar-refractivity contribution in [2.75, 3.05) is 5.75 Å². The molecule has 1 aromatic carbocycles. The summed E-state index contributed by atoms with van der Waals surface area (Å²) in [6, 6.07) is 3.97. The molecule has 0 aliphatic carbocycles. The molecule has 21 heavy (non-hydrogen) atoms. The molecular weight excluding hydrogens is 300 g/mol. The zero-order valence-electron chi connectivity index (χ0n) is 11.2. The first-order valence-electron chi connectivity index (χ1n) is 6.22. The third kappa shape index (κ3) is 3.57. The van der Waals surface area contributed by atoms with E-state index in [1.807, 2.05) is 6.92 Å². The second-order valence-corrected chi connectivity index (χ2v) is 5.16. The minimum atomic E-state index is -0.955. The fourth-order valence-electron chi connectivity index (χ4n) is 1.86. The van der Waals surface area contributed by atoms with E-state index in [9.17, 15) is 13.6 Å². The number of hydrogen-bond donors (Lipinski definition) is 1. The molecule has 0 fully saturated rings. The fourth-order valence-corrected chi connectivity index (χ4v) is 2.60. The van der Waals surface area contributed by atoms with Crippen molar-refractivity contribution < 1.29 is 18.7 Å². The Bertz CT molecular complexity index is 661. The van der Waals surface area contributed by atoms with E-state index in [4.69, 9.17) is 5.11 Å². The van der Waals surface area contributed by atoms with Crippen molar-refractivity contribution in [1.29, 1.82) is 0 Å². The van der Waals surface area contributed by atoms with Crippen LogP contribution in [0.3, 0.4) is 0 Å². The van der Waals surface area contributed by atoms with Crippen molar-refractivity contribution in [2.24, 2.45) is 0 Å². The molecule has 2 rings (SSSR count). The number of carbonyl (C=O) groups is 1. The molecule has 0 aliphatic rings. The molecule has 0 spiro atoms. The second-order valence-electron chi connectivity index (χ2n) is 4.22. The van der Waals surface area contributed by atoms with E-state index in [1.165, 1.54) is 12.1 Å². The number of aliphatic carboxylic acids is 1. The van der Waals surface area contributed by atoms with Crippen LogP contribution in [0.2, 0.25) is 0 Å². The highest BCUT2D eigenvalue weighted by atomic mass is 32.2. The fraction of sp³-hybridized carbons (Fsp3) is 0.308. The number of nitrogens with zero attached hydrogens (tertiary/aromatic N) is 3. The van der Waals surface area contributed by atoms with Gasteiger partial charge in [0.25, 0.3) is 0 Å². The summed E-state index contributed by atoms with van der Waals surface area (Å²) in [5, 5.41) is 17.0. The highest BCUT2D eigenvalue weighted by Crippen LogP contribution is 2.20. The number of aromatic nitrogens is 3. The Morgan fingerprint density at radius 1 is 1.38 bits per heavy atom. The standard InChI is InChI=1S/C13H13F2N3O2S/c1-2-18-10(16-17-13(18)21-7-11(19)20)6-8-4-3-5-9(14)12(8)15/h3-5H,2,6-7H2,1H3,(H,19,20). The molecule has 0 amide bonds. The van der Waals surface area contributed by atoms with Crippen molar-refractivity contribution in [3.05, 3.63) is 41.2 Å². The van der Waals surface area contributed by atoms with E-state index in [0.29, 0.717) is 17.5 Å². The normalized spacial score (nSPS) is 10.8. The Morgan fingerprint density at radius 3 is 2.81 bits per heavy atom. The summed E-state index contributed by atoms with van der Waals surface area (Å²) in [5.74, 6) is -2.43. The van der Waals surface area contributed by atoms with Gasteiger partial charge in [0.05, 0.1) is 5.75 Å². The maximum absolute atomic E-state index is 13.7. The Balaban J connectivity index is 2.24. The predicted octanol–water partition coefficient (Wildman–Crippen LogP) is 2.34. The Hall–Kier alpha value is -1.96. The summed E-state index contributed by atoms with van der Waals surface area (Å²) in [7, 11) is 0. The van der Waals surface area contributed by atoms with Gasteiger partial charge in [-0.3, -0.25) is 4.79 Å². The quantitative estimate of drug-likeness (QED) is 0.829. The summed E-state index contributed by atoms with van der Waals surface area (Å²) >= 11 is 1.04. The Kier molecular flexibility index (Phi) is 4.89. The number of halogens is 2. The maximum atomic E-state index is 13.7. The van der Waals surface area contributed by atoms with E-state index >= 15 is 0 Å². The molecular formula is C13H13F2N3O2S. The number of carboxylic acid groups (broad SMARTS) is 1. The number of carboxylic acids is 1. The summed E-state index contributed by atoms with van der Waals surface area (Å²) in [6.45, 7) is 2.36. The predicted molar refractivity (Wildman–Crippen MR) is 73.2 cm³/mol. The van der Waals surface area contributed by atoms with Gasteiger partial charge in [0.1, 0.15) is 5.82 Å². The third-order valence-electron chi connectivity index (χ3n) is 2.81. The van der Waals surface area contributed by atoms with Crippen LogP contribution in [0.4, 0.5) is 8.78 Å². The van der Waals surface area contributed by atoms with Crippen LogP contribution in [0.5, 0.6) is 0 Å². The SMILES string of the molecule is CCn1c(Cc2cccc(F)c2F)nnc1SCC(=O)O. The topological polar surface area (TPSA) is 68.0 Å². The molecule has 2 aromatic rings. The number of thioether (sulfide) groups is 1. The van der Waals surface area contributed by atoms with Crippen molar-refractivity contribution in [1.82, 2.24) is 14.8 Å². The highest BCUT2D eigenvalue weighted by Gasteiger charge is 2.16. The van der Waals surface area contributed by atoms with Gasteiger partial charge in [-0.15, -0.1) is 10.2 Å². The van der Waals surface area contributed by atoms with Crippen LogP contribution in [-0.2, 0) is 17.8 Å². The maximum Gasteiger partial charge on any atom is 0.313 e. The van der Waals surface area contributed by atoms with Gasteiger partial charge in [0.15, 0.2) is 16.8 Å². The van der Waals surface area contributed by atoms with Crippen LogP contribution < -0.4 is 0 Å². The first kappa shape index (κ1) is 15.4. The highest BCUT2D eigenvalue weighted by molar-refractivity contribution is 7.99. The van der Waals surface area contributed by atoms with E-state index in [0.717, 1.165) is 17.8 Å².